The van der Waals surface area contributed by atoms with Crippen molar-refractivity contribution in [1.82, 2.24) is 15.4 Å². The summed E-state index contributed by atoms with van der Waals surface area (Å²) < 4.78 is 5.52. The Morgan fingerprint density at radius 2 is 2.03 bits per heavy atom. The van der Waals surface area contributed by atoms with Crippen molar-refractivity contribution < 1.29 is 9.32 Å². The standard InChI is InChI=1S/C23H28N4O2/c1-13-6-8-18(16(10-13)19-11-14(2)25-26-19)24-22(28)21-17-12-15(23(3,4)5)7-9-20(17)29-27-21/h6,8,10-11,15H,7,9,12H2,1-5H3,(H,24,28)(H,25,26)/t15-/m0/s1. The molecule has 0 saturated heterocycles. The number of hydrogen-bond acceptors (Lipinski definition) is 4. The lowest BCUT2D eigenvalue weighted by Gasteiger charge is -2.33. The number of amides is 1. The van der Waals surface area contributed by atoms with E-state index in [1.165, 1.54) is 0 Å². The Labute approximate surface area is 171 Å². The van der Waals surface area contributed by atoms with Gasteiger partial charge in [-0.05, 0) is 56.2 Å². The van der Waals surface area contributed by atoms with Gasteiger partial charge in [0.1, 0.15) is 5.76 Å². The summed E-state index contributed by atoms with van der Waals surface area (Å²) in [5.41, 5.74) is 6.01. The lowest BCUT2D eigenvalue weighted by molar-refractivity contribution is 0.101. The first-order valence-corrected chi connectivity index (χ1v) is 10.1. The van der Waals surface area contributed by atoms with Crippen LogP contribution in [0.5, 0.6) is 0 Å². The largest absolute Gasteiger partial charge is 0.360 e. The number of carbonyl (C=O) groups excluding carboxylic acids is 1. The molecule has 2 N–H and O–H groups in total. The number of rotatable bonds is 3. The number of nitrogens with zero attached hydrogens (tertiary/aromatic N) is 2. The van der Waals surface area contributed by atoms with Crippen molar-refractivity contribution >= 4 is 11.6 Å². The van der Waals surface area contributed by atoms with Crippen LogP contribution < -0.4 is 5.32 Å². The Kier molecular flexibility index (Phi) is 4.81. The molecule has 1 aliphatic carbocycles. The quantitative estimate of drug-likeness (QED) is 0.651. The molecule has 0 spiro atoms. The molecule has 1 atom stereocenters. The minimum atomic E-state index is -0.234. The molecule has 0 fully saturated rings. The third-order valence-electron chi connectivity index (χ3n) is 5.88. The zero-order valence-corrected chi connectivity index (χ0v) is 17.7. The molecule has 0 radical (unpaired) electrons. The molecule has 3 aromatic rings. The molecule has 2 heterocycles. The Balaban J connectivity index is 1.63. The molecule has 6 nitrogen and oxygen atoms in total. The zero-order chi connectivity index (χ0) is 20.8. The molecule has 0 saturated carbocycles. The van der Waals surface area contributed by atoms with Gasteiger partial charge in [-0.15, -0.1) is 0 Å². The predicted molar refractivity (Wildman–Crippen MR) is 113 cm³/mol. The summed E-state index contributed by atoms with van der Waals surface area (Å²) in [7, 11) is 0. The molecule has 0 bridgehead atoms. The van der Waals surface area contributed by atoms with Crippen LogP contribution in [0.2, 0.25) is 0 Å². The summed E-state index contributed by atoms with van der Waals surface area (Å²) in [6.45, 7) is 10.7. The van der Waals surface area contributed by atoms with Crippen molar-refractivity contribution in [1.29, 1.82) is 0 Å². The van der Waals surface area contributed by atoms with Crippen molar-refractivity contribution in [3.8, 4) is 11.3 Å². The molecule has 0 unspecified atom stereocenters. The molecule has 2 aromatic heterocycles. The third-order valence-corrected chi connectivity index (χ3v) is 5.88. The number of aromatic nitrogens is 3. The molecule has 6 heteroatoms. The fourth-order valence-electron chi connectivity index (χ4n) is 4.04. The van der Waals surface area contributed by atoms with Crippen molar-refractivity contribution in [3.63, 3.8) is 0 Å². The number of H-pyrrole nitrogens is 1. The lowest BCUT2D eigenvalue weighted by Crippen LogP contribution is -2.27. The van der Waals surface area contributed by atoms with Crippen LogP contribution in [-0.4, -0.2) is 21.3 Å². The highest BCUT2D eigenvalue weighted by atomic mass is 16.5. The molecular weight excluding hydrogens is 364 g/mol. The van der Waals surface area contributed by atoms with Crippen LogP contribution in [0, 0.1) is 25.2 Å². The van der Waals surface area contributed by atoms with Crippen molar-refractivity contribution in [2.45, 2.75) is 53.9 Å². The molecule has 1 aliphatic rings. The highest BCUT2D eigenvalue weighted by Crippen LogP contribution is 2.38. The average molecular weight is 393 g/mol. The predicted octanol–water partition coefficient (Wildman–Crippen LogP) is 5.08. The second-order valence-electron chi connectivity index (χ2n) is 9.18. The highest BCUT2D eigenvalue weighted by Gasteiger charge is 2.34. The van der Waals surface area contributed by atoms with Crippen LogP contribution in [0.3, 0.4) is 0 Å². The Bertz CT molecular complexity index is 1060. The fraction of sp³-hybridized carbons (Fsp3) is 0.435. The number of aromatic amines is 1. The number of carbonyl (C=O) groups is 1. The van der Waals surface area contributed by atoms with Gasteiger partial charge < -0.3 is 9.84 Å². The summed E-state index contributed by atoms with van der Waals surface area (Å²) in [4.78, 5) is 13.1. The normalized spacial score (nSPS) is 16.5. The van der Waals surface area contributed by atoms with Gasteiger partial charge in [-0.25, -0.2) is 0 Å². The lowest BCUT2D eigenvalue weighted by atomic mass is 9.71. The number of fused-ring (bicyclic) bond motifs is 1. The van der Waals surface area contributed by atoms with Crippen molar-refractivity contribution in [3.05, 3.63) is 52.5 Å². The van der Waals surface area contributed by atoms with Gasteiger partial charge in [0.05, 0.1) is 11.4 Å². The van der Waals surface area contributed by atoms with E-state index in [4.69, 9.17) is 4.52 Å². The fourth-order valence-corrected chi connectivity index (χ4v) is 4.04. The molecule has 152 valence electrons. The van der Waals surface area contributed by atoms with Gasteiger partial charge in [0.25, 0.3) is 5.91 Å². The molecule has 29 heavy (non-hydrogen) atoms. The number of anilines is 1. The van der Waals surface area contributed by atoms with E-state index in [9.17, 15) is 4.79 Å². The Hall–Kier alpha value is -2.89. The third kappa shape index (κ3) is 3.84. The van der Waals surface area contributed by atoms with Crippen LogP contribution in [0.1, 0.15) is 60.3 Å². The second kappa shape index (κ2) is 7.17. The summed E-state index contributed by atoms with van der Waals surface area (Å²) in [6.07, 6.45) is 2.72. The average Bonchev–Trinajstić information content (AvgIpc) is 3.28. The first kappa shape index (κ1) is 19.4. The monoisotopic (exact) mass is 392 g/mol. The van der Waals surface area contributed by atoms with Crippen molar-refractivity contribution in [2.75, 3.05) is 5.32 Å². The first-order valence-electron chi connectivity index (χ1n) is 10.1. The van der Waals surface area contributed by atoms with Crippen LogP contribution in [0.25, 0.3) is 11.3 Å². The van der Waals surface area contributed by atoms with E-state index in [1.54, 1.807) is 0 Å². The maximum atomic E-state index is 13.1. The molecule has 1 aromatic carbocycles. The molecular formula is C23H28N4O2. The van der Waals surface area contributed by atoms with Gasteiger partial charge in [-0.3, -0.25) is 9.89 Å². The van der Waals surface area contributed by atoms with E-state index in [-0.39, 0.29) is 11.3 Å². The van der Waals surface area contributed by atoms with E-state index in [0.29, 0.717) is 17.3 Å². The Morgan fingerprint density at radius 3 is 2.72 bits per heavy atom. The minimum Gasteiger partial charge on any atom is -0.360 e. The topological polar surface area (TPSA) is 83.8 Å². The summed E-state index contributed by atoms with van der Waals surface area (Å²) in [5.74, 6) is 1.12. The van der Waals surface area contributed by atoms with Gasteiger partial charge in [0.2, 0.25) is 0 Å². The van der Waals surface area contributed by atoms with E-state index >= 15 is 0 Å². The summed E-state index contributed by atoms with van der Waals surface area (Å²) in [5, 5.41) is 14.5. The smallest absolute Gasteiger partial charge is 0.278 e. The van der Waals surface area contributed by atoms with Crippen LogP contribution in [0.4, 0.5) is 5.69 Å². The first-order chi connectivity index (χ1) is 13.7. The van der Waals surface area contributed by atoms with Crippen LogP contribution in [0.15, 0.2) is 28.8 Å². The Morgan fingerprint density at radius 1 is 1.24 bits per heavy atom. The molecule has 4 rings (SSSR count). The molecule has 0 aliphatic heterocycles. The van der Waals surface area contributed by atoms with Gasteiger partial charge in [-0.1, -0.05) is 37.6 Å². The SMILES string of the molecule is Cc1ccc(NC(=O)c2noc3c2C[C@@H](C(C)(C)C)CC3)c(-c2cc(C)[nH]n2)c1. The van der Waals surface area contributed by atoms with E-state index in [2.05, 4.69) is 41.4 Å². The van der Waals surface area contributed by atoms with Gasteiger partial charge >= 0.3 is 0 Å². The van der Waals surface area contributed by atoms with Crippen LogP contribution >= 0.6 is 0 Å². The van der Waals surface area contributed by atoms with Gasteiger partial charge in [-0.2, -0.15) is 5.10 Å². The number of aryl methyl sites for hydroxylation is 3. The van der Waals surface area contributed by atoms with Crippen molar-refractivity contribution in [2.24, 2.45) is 11.3 Å². The number of hydrogen-bond donors (Lipinski definition) is 2. The van der Waals surface area contributed by atoms with E-state index in [0.717, 1.165) is 53.1 Å². The number of nitrogens with one attached hydrogen (secondary N) is 2. The molecule has 1 amide bonds. The highest BCUT2D eigenvalue weighted by molar-refractivity contribution is 6.06. The van der Waals surface area contributed by atoms with Crippen LogP contribution in [-0.2, 0) is 12.8 Å². The zero-order valence-electron chi connectivity index (χ0n) is 17.7. The van der Waals surface area contributed by atoms with Gasteiger partial charge in [0, 0.05) is 23.2 Å². The second-order valence-corrected chi connectivity index (χ2v) is 9.18. The summed E-state index contributed by atoms with van der Waals surface area (Å²) in [6, 6.07) is 7.89. The van der Waals surface area contributed by atoms with E-state index < -0.39 is 0 Å². The van der Waals surface area contributed by atoms with E-state index in [1.807, 2.05) is 38.1 Å². The summed E-state index contributed by atoms with van der Waals surface area (Å²) >= 11 is 0. The minimum absolute atomic E-state index is 0.185. The maximum Gasteiger partial charge on any atom is 0.278 e. The number of benzene rings is 1. The van der Waals surface area contributed by atoms with Gasteiger partial charge in [0.15, 0.2) is 5.69 Å². The maximum absolute atomic E-state index is 13.1.